The van der Waals surface area contributed by atoms with E-state index in [0.717, 1.165) is 0 Å². The van der Waals surface area contributed by atoms with E-state index < -0.39 is 20.5 Å². The van der Waals surface area contributed by atoms with Crippen LogP contribution in [0, 0.1) is 0 Å². The lowest BCUT2D eigenvalue weighted by atomic mass is 10.1. The Morgan fingerprint density at radius 2 is 2.00 bits per heavy atom. The molecule has 122 valence electrons. The fourth-order valence-electron chi connectivity index (χ4n) is 1.75. The molecule has 0 saturated heterocycles. The number of benzene rings is 1. The quantitative estimate of drug-likeness (QED) is 0.557. The summed E-state index contributed by atoms with van der Waals surface area (Å²) in [5, 5.41) is 4.68. The highest BCUT2D eigenvalue weighted by Gasteiger charge is 2.24. The van der Waals surface area contributed by atoms with Gasteiger partial charge in [-0.15, -0.1) is 4.40 Å². The molecular formula is C10H14N4O6S2. The third kappa shape index (κ3) is 4.30. The average Bonchev–Trinajstić information content (AvgIpc) is 2.35. The molecule has 1 aromatic rings. The first-order valence-corrected chi connectivity index (χ1v) is 8.90. The zero-order valence-corrected chi connectivity index (χ0v) is 12.9. The van der Waals surface area contributed by atoms with Crippen molar-refractivity contribution < 1.29 is 25.8 Å². The summed E-state index contributed by atoms with van der Waals surface area (Å²) >= 11 is 0. The number of hydrogen-bond acceptors (Lipinski definition) is 7. The van der Waals surface area contributed by atoms with E-state index in [1.807, 2.05) is 0 Å². The summed E-state index contributed by atoms with van der Waals surface area (Å²) in [5.74, 6) is 0.127. The molecule has 0 amide bonds. The van der Waals surface area contributed by atoms with Crippen LogP contribution in [-0.2, 0) is 24.7 Å². The van der Waals surface area contributed by atoms with Crippen molar-refractivity contribution in [3.8, 4) is 5.75 Å². The molecule has 10 nitrogen and oxygen atoms in total. The lowest BCUT2D eigenvalue weighted by molar-refractivity contribution is 0.250. The van der Waals surface area contributed by atoms with E-state index in [0.29, 0.717) is 11.3 Å². The van der Waals surface area contributed by atoms with Crippen molar-refractivity contribution in [2.24, 2.45) is 15.3 Å². The van der Waals surface area contributed by atoms with E-state index in [1.165, 1.54) is 6.07 Å². The molecule has 1 aliphatic heterocycles. The van der Waals surface area contributed by atoms with Crippen LogP contribution in [0.1, 0.15) is 12.0 Å². The van der Waals surface area contributed by atoms with Crippen LogP contribution in [0.4, 0.5) is 5.69 Å². The number of ether oxygens (including phenoxy) is 1. The number of rotatable bonds is 6. The molecule has 0 aromatic heterocycles. The Morgan fingerprint density at radius 3 is 2.68 bits per heavy atom. The normalized spacial score (nSPS) is 16.3. The van der Waals surface area contributed by atoms with E-state index >= 15 is 0 Å². The Balaban J connectivity index is 2.05. The largest absolute Gasteiger partial charge is 0.493 e. The maximum atomic E-state index is 11.4. The van der Waals surface area contributed by atoms with Gasteiger partial charge in [0.1, 0.15) is 5.75 Å². The second-order valence-electron chi connectivity index (χ2n) is 4.25. The molecule has 1 aromatic carbocycles. The third-order valence-electron chi connectivity index (χ3n) is 2.53. The van der Waals surface area contributed by atoms with Crippen molar-refractivity contribution in [2.75, 3.05) is 17.9 Å². The standard InChI is InChI=1S/C10H14N4O6S2/c11-10-9-7(13-22(17,18)14-10)3-1-4-8(9)19-5-2-6-20-21(12,15)16/h1,3-4,13H,2,5-6H2,(H2,11,14)(H2,12,15,16). The highest BCUT2D eigenvalue weighted by molar-refractivity contribution is 7.91. The van der Waals surface area contributed by atoms with E-state index in [9.17, 15) is 16.8 Å². The number of amidine groups is 1. The van der Waals surface area contributed by atoms with Gasteiger partial charge in [0, 0.05) is 6.42 Å². The first-order chi connectivity index (χ1) is 10.2. The molecule has 0 spiro atoms. The fraction of sp³-hybridized carbons (Fsp3) is 0.300. The predicted octanol–water partition coefficient (Wildman–Crippen LogP) is -0.949. The van der Waals surface area contributed by atoms with Gasteiger partial charge in [-0.3, -0.25) is 8.91 Å². The van der Waals surface area contributed by atoms with Gasteiger partial charge in [0.25, 0.3) is 0 Å². The Kier molecular flexibility index (Phi) is 4.55. The van der Waals surface area contributed by atoms with Crippen LogP contribution < -0.4 is 20.3 Å². The zero-order chi connectivity index (χ0) is 16.4. The molecule has 0 saturated carbocycles. The van der Waals surface area contributed by atoms with Crippen molar-refractivity contribution in [1.29, 1.82) is 0 Å². The second-order valence-corrected chi connectivity index (χ2v) is 6.81. The van der Waals surface area contributed by atoms with Crippen LogP contribution in [0.3, 0.4) is 0 Å². The van der Waals surface area contributed by atoms with Gasteiger partial charge in [-0.1, -0.05) is 6.07 Å². The van der Waals surface area contributed by atoms with Gasteiger partial charge >= 0.3 is 20.5 Å². The van der Waals surface area contributed by atoms with Gasteiger partial charge in [-0.25, -0.2) is 5.14 Å². The number of anilines is 1. The van der Waals surface area contributed by atoms with Crippen LogP contribution in [0.15, 0.2) is 22.6 Å². The molecule has 12 heteroatoms. The molecule has 0 radical (unpaired) electrons. The first kappa shape index (κ1) is 16.5. The second kappa shape index (κ2) is 6.08. The van der Waals surface area contributed by atoms with E-state index in [1.54, 1.807) is 12.1 Å². The monoisotopic (exact) mass is 350 g/mol. The van der Waals surface area contributed by atoms with E-state index in [4.69, 9.17) is 10.5 Å². The number of nitrogens with two attached hydrogens (primary N) is 2. The van der Waals surface area contributed by atoms with Crippen LogP contribution in [0.2, 0.25) is 0 Å². The van der Waals surface area contributed by atoms with Gasteiger partial charge in [-0.05, 0) is 12.1 Å². The predicted molar refractivity (Wildman–Crippen MR) is 78.9 cm³/mol. The van der Waals surface area contributed by atoms with Gasteiger partial charge in [0.05, 0.1) is 24.5 Å². The molecule has 22 heavy (non-hydrogen) atoms. The molecule has 0 fully saturated rings. The Labute approximate surface area is 127 Å². The summed E-state index contributed by atoms with van der Waals surface area (Å²) in [5.41, 5.74) is 6.22. The van der Waals surface area contributed by atoms with Gasteiger partial charge < -0.3 is 10.5 Å². The summed E-state index contributed by atoms with van der Waals surface area (Å²) in [6.07, 6.45) is 0.253. The van der Waals surface area contributed by atoms with Gasteiger partial charge in [0.2, 0.25) is 0 Å². The summed E-state index contributed by atoms with van der Waals surface area (Å²) in [6, 6.07) is 4.68. The zero-order valence-electron chi connectivity index (χ0n) is 11.2. The Hall–Kier alpha value is -1.89. The fourth-order valence-corrected chi connectivity index (χ4v) is 2.95. The van der Waals surface area contributed by atoms with Crippen LogP contribution in [0.25, 0.3) is 0 Å². The topological polar surface area (TPSA) is 163 Å². The Morgan fingerprint density at radius 1 is 1.27 bits per heavy atom. The molecule has 0 bridgehead atoms. The molecule has 1 heterocycles. The minimum Gasteiger partial charge on any atom is -0.493 e. The maximum absolute atomic E-state index is 11.4. The smallest absolute Gasteiger partial charge is 0.344 e. The van der Waals surface area contributed by atoms with E-state index in [2.05, 4.69) is 18.4 Å². The van der Waals surface area contributed by atoms with Crippen LogP contribution >= 0.6 is 0 Å². The molecule has 0 aliphatic carbocycles. The van der Waals surface area contributed by atoms with Crippen LogP contribution in [-0.4, -0.2) is 35.9 Å². The SMILES string of the molecule is NC1=NS(=O)(=O)Nc2cccc(OCCCOS(N)(=O)=O)c21. The molecule has 1 aliphatic rings. The lowest BCUT2D eigenvalue weighted by Gasteiger charge is -2.19. The number of nitrogens with one attached hydrogen (secondary N) is 1. The van der Waals surface area contributed by atoms with Crippen LogP contribution in [0.5, 0.6) is 5.75 Å². The summed E-state index contributed by atoms with van der Waals surface area (Å²) in [6.45, 7) is -0.0178. The molecule has 2 rings (SSSR count). The molecular weight excluding hydrogens is 336 g/mol. The van der Waals surface area contributed by atoms with Crippen molar-refractivity contribution in [3.63, 3.8) is 0 Å². The van der Waals surface area contributed by atoms with Gasteiger partial charge in [0.15, 0.2) is 5.84 Å². The Bertz CT molecular complexity index is 803. The number of nitrogens with zero attached hydrogens (tertiary/aromatic N) is 1. The molecule has 5 N–H and O–H groups in total. The summed E-state index contributed by atoms with van der Waals surface area (Å²) < 4.78 is 59.4. The van der Waals surface area contributed by atoms with Crippen molar-refractivity contribution in [3.05, 3.63) is 23.8 Å². The summed E-state index contributed by atoms with van der Waals surface area (Å²) in [7, 11) is -7.83. The summed E-state index contributed by atoms with van der Waals surface area (Å²) in [4.78, 5) is 0. The minimum atomic E-state index is -3.98. The highest BCUT2D eigenvalue weighted by Crippen LogP contribution is 2.30. The van der Waals surface area contributed by atoms with Gasteiger partial charge in [-0.2, -0.15) is 16.8 Å². The van der Waals surface area contributed by atoms with Crippen molar-refractivity contribution >= 4 is 32.0 Å². The minimum absolute atomic E-state index is 0.117. The molecule has 0 atom stereocenters. The number of fused-ring (bicyclic) bond motifs is 1. The number of hydrogen-bond donors (Lipinski definition) is 3. The van der Waals surface area contributed by atoms with E-state index in [-0.39, 0.29) is 31.2 Å². The van der Waals surface area contributed by atoms with Crippen molar-refractivity contribution in [1.82, 2.24) is 0 Å². The molecule has 0 unspecified atom stereocenters. The average molecular weight is 350 g/mol. The first-order valence-electron chi connectivity index (χ1n) is 5.99. The highest BCUT2D eigenvalue weighted by atomic mass is 32.2. The maximum Gasteiger partial charge on any atom is 0.344 e. The third-order valence-corrected chi connectivity index (χ3v) is 3.94. The van der Waals surface area contributed by atoms with Crippen molar-refractivity contribution in [2.45, 2.75) is 6.42 Å². The lowest BCUT2D eigenvalue weighted by Crippen LogP contribution is -2.27.